The van der Waals surface area contributed by atoms with Crippen molar-refractivity contribution in [3.63, 3.8) is 0 Å². The zero-order chi connectivity index (χ0) is 12.7. The number of aromatic nitrogens is 2. The van der Waals surface area contributed by atoms with Crippen LogP contribution in [0.5, 0.6) is 0 Å². The molecule has 2 aliphatic rings. The quantitative estimate of drug-likeness (QED) is 0.853. The van der Waals surface area contributed by atoms with Gasteiger partial charge in [-0.3, -0.25) is 4.68 Å². The number of ether oxygens (including phenoxy) is 1. The minimum absolute atomic E-state index is 0.407. The number of rotatable bonds is 3. The van der Waals surface area contributed by atoms with Crippen LogP contribution in [0.25, 0.3) is 0 Å². The number of nitrogens with zero attached hydrogens (tertiary/aromatic N) is 3. The highest BCUT2D eigenvalue weighted by Gasteiger charge is 2.35. The summed E-state index contributed by atoms with van der Waals surface area (Å²) in [7, 11) is 2.03. The molecule has 2 saturated heterocycles. The van der Waals surface area contributed by atoms with Crippen molar-refractivity contribution in [2.45, 2.75) is 38.4 Å². The van der Waals surface area contributed by atoms with Crippen molar-refractivity contribution in [3.05, 3.63) is 11.3 Å². The van der Waals surface area contributed by atoms with Gasteiger partial charge in [-0.05, 0) is 32.7 Å². The topological polar surface area (TPSA) is 56.3 Å². The maximum Gasteiger partial charge on any atom is 0.130 e. The van der Waals surface area contributed by atoms with E-state index in [0.717, 1.165) is 25.2 Å². The van der Waals surface area contributed by atoms with Crippen molar-refractivity contribution < 1.29 is 4.74 Å². The van der Waals surface area contributed by atoms with E-state index < -0.39 is 0 Å². The molecule has 2 fully saturated rings. The Hall–Kier alpha value is -1.07. The molecule has 2 bridgehead atoms. The summed E-state index contributed by atoms with van der Waals surface area (Å²) < 4.78 is 7.90. The molecule has 2 atom stereocenters. The molecule has 2 aliphatic heterocycles. The molecule has 2 N–H and O–H groups in total. The monoisotopic (exact) mass is 250 g/mol. The first-order valence-corrected chi connectivity index (χ1v) is 6.82. The van der Waals surface area contributed by atoms with E-state index in [1.807, 2.05) is 11.7 Å². The molecule has 1 aromatic rings. The summed E-state index contributed by atoms with van der Waals surface area (Å²) >= 11 is 0. The van der Waals surface area contributed by atoms with Crippen LogP contribution in [0.2, 0.25) is 0 Å². The van der Waals surface area contributed by atoms with Crippen molar-refractivity contribution in [2.75, 3.05) is 24.5 Å². The van der Waals surface area contributed by atoms with Crippen LogP contribution in [-0.4, -0.2) is 41.6 Å². The molecular formula is C13H22N4O. The van der Waals surface area contributed by atoms with Crippen LogP contribution in [-0.2, 0) is 18.2 Å². The predicted octanol–water partition coefficient (Wildman–Crippen LogP) is 0.597. The van der Waals surface area contributed by atoms with Crippen molar-refractivity contribution in [3.8, 4) is 0 Å². The van der Waals surface area contributed by atoms with Gasteiger partial charge in [0.05, 0.1) is 17.9 Å². The van der Waals surface area contributed by atoms with Gasteiger partial charge in [0.2, 0.25) is 0 Å². The molecule has 5 heteroatoms. The smallest absolute Gasteiger partial charge is 0.130 e. The predicted molar refractivity (Wildman–Crippen MR) is 70.8 cm³/mol. The summed E-state index contributed by atoms with van der Waals surface area (Å²) in [4.78, 5) is 2.44. The molecule has 3 heterocycles. The molecular weight excluding hydrogens is 228 g/mol. The van der Waals surface area contributed by atoms with E-state index in [1.165, 1.54) is 24.2 Å². The third-order valence-corrected chi connectivity index (χ3v) is 4.05. The van der Waals surface area contributed by atoms with Gasteiger partial charge in [-0.25, -0.2) is 0 Å². The van der Waals surface area contributed by atoms with Gasteiger partial charge in [0.15, 0.2) is 0 Å². The van der Waals surface area contributed by atoms with Crippen LogP contribution in [0.3, 0.4) is 0 Å². The highest BCUT2D eigenvalue weighted by atomic mass is 16.5. The zero-order valence-electron chi connectivity index (χ0n) is 11.2. The number of aryl methyl sites for hydroxylation is 2. The van der Waals surface area contributed by atoms with Gasteiger partial charge >= 0.3 is 0 Å². The summed E-state index contributed by atoms with van der Waals surface area (Å²) in [5, 5.41) is 4.55. The molecule has 3 rings (SSSR count). The van der Waals surface area contributed by atoms with Gasteiger partial charge in [-0.2, -0.15) is 5.10 Å². The lowest BCUT2D eigenvalue weighted by atomic mass is 10.1. The van der Waals surface area contributed by atoms with Crippen LogP contribution < -0.4 is 10.6 Å². The Morgan fingerprint density at radius 1 is 1.33 bits per heavy atom. The lowest BCUT2D eigenvalue weighted by Gasteiger charge is -2.34. The Bertz CT molecular complexity index is 430. The fourth-order valence-corrected chi connectivity index (χ4v) is 3.31. The Kier molecular flexibility index (Phi) is 3.03. The first-order chi connectivity index (χ1) is 8.69. The molecule has 0 spiro atoms. The Labute approximate surface area is 108 Å². The van der Waals surface area contributed by atoms with E-state index in [-0.39, 0.29) is 0 Å². The van der Waals surface area contributed by atoms with E-state index in [9.17, 15) is 0 Å². The number of fused-ring (bicyclic) bond motifs is 2. The van der Waals surface area contributed by atoms with E-state index in [1.54, 1.807) is 0 Å². The molecule has 0 saturated carbocycles. The van der Waals surface area contributed by atoms with E-state index in [4.69, 9.17) is 10.5 Å². The molecule has 0 aromatic carbocycles. The average molecular weight is 250 g/mol. The first kappa shape index (κ1) is 12.0. The summed E-state index contributed by atoms with van der Waals surface area (Å²) in [6.07, 6.45) is 4.12. The van der Waals surface area contributed by atoms with Crippen molar-refractivity contribution >= 4 is 5.82 Å². The summed E-state index contributed by atoms with van der Waals surface area (Å²) in [5.74, 6) is 1.25. The molecule has 1 aromatic heterocycles. The van der Waals surface area contributed by atoms with Crippen molar-refractivity contribution in [1.29, 1.82) is 0 Å². The van der Waals surface area contributed by atoms with E-state index >= 15 is 0 Å². The summed E-state index contributed by atoms with van der Waals surface area (Å²) in [5.41, 5.74) is 8.14. The minimum atomic E-state index is 0.407. The summed E-state index contributed by atoms with van der Waals surface area (Å²) in [6.45, 7) is 4.74. The highest BCUT2D eigenvalue weighted by Crippen LogP contribution is 2.32. The molecule has 0 radical (unpaired) electrons. The number of hydrogen-bond acceptors (Lipinski definition) is 4. The second-order valence-corrected chi connectivity index (χ2v) is 5.41. The maximum atomic E-state index is 5.90. The minimum Gasteiger partial charge on any atom is -0.371 e. The molecule has 5 nitrogen and oxygen atoms in total. The third-order valence-electron chi connectivity index (χ3n) is 4.05. The van der Waals surface area contributed by atoms with Gasteiger partial charge < -0.3 is 15.4 Å². The molecule has 0 aliphatic carbocycles. The van der Waals surface area contributed by atoms with Crippen LogP contribution in [0, 0.1) is 6.92 Å². The van der Waals surface area contributed by atoms with Crippen LogP contribution in [0.4, 0.5) is 5.82 Å². The fraction of sp³-hybridized carbons (Fsp3) is 0.769. The van der Waals surface area contributed by atoms with Crippen LogP contribution >= 0.6 is 0 Å². The fourth-order valence-electron chi connectivity index (χ4n) is 3.31. The molecule has 18 heavy (non-hydrogen) atoms. The first-order valence-electron chi connectivity index (χ1n) is 6.82. The van der Waals surface area contributed by atoms with Crippen molar-refractivity contribution in [2.24, 2.45) is 12.8 Å². The van der Waals surface area contributed by atoms with Crippen molar-refractivity contribution in [1.82, 2.24) is 9.78 Å². The van der Waals surface area contributed by atoms with Gasteiger partial charge in [0.1, 0.15) is 5.82 Å². The second-order valence-electron chi connectivity index (χ2n) is 5.41. The summed E-state index contributed by atoms with van der Waals surface area (Å²) in [6, 6.07) is 0. The van der Waals surface area contributed by atoms with Gasteiger partial charge in [0, 0.05) is 25.7 Å². The average Bonchev–Trinajstić information content (AvgIpc) is 2.80. The van der Waals surface area contributed by atoms with Crippen LogP contribution in [0.15, 0.2) is 0 Å². The number of morpholine rings is 1. The largest absolute Gasteiger partial charge is 0.371 e. The number of hydrogen-bond donors (Lipinski definition) is 1. The SMILES string of the molecule is Cc1nn(C)c(N2CC3CCC(C2)O3)c1CCN. The van der Waals surface area contributed by atoms with E-state index in [0.29, 0.717) is 18.8 Å². The zero-order valence-corrected chi connectivity index (χ0v) is 11.2. The van der Waals surface area contributed by atoms with Crippen LogP contribution in [0.1, 0.15) is 24.1 Å². The molecule has 2 unspecified atom stereocenters. The third kappa shape index (κ3) is 1.91. The standard InChI is InChI=1S/C13H22N4O/c1-9-12(5-6-14)13(16(2)15-9)17-7-10-3-4-11(8-17)18-10/h10-11H,3-8,14H2,1-2H3. The second kappa shape index (κ2) is 4.55. The molecule has 100 valence electrons. The number of anilines is 1. The van der Waals surface area contributed by atoms with E-state index in [2.05, 4.69) is 16.9 Å². The lowest BCUT2D eigenvalue weighted by molar-refractivity contribution is 0.0299. The normalized spacial score (nSPS) is 26.9. The number of nitrogens with two attached hydrogens (primary N) is 1. The Morgan fingerprint density at radius 2 is 2.00 bits per heavy atom. The Morgan fingerprint density at radius 3 is 2.61 bits per heavy atom. The van der Waals surface area contributed by atoms with Gasteiger partial charge in [0.25, 0.3) is 0 Å². The maximum absolute atomic E-state index is 5.90. The van der Waals surface area contributed by atoms with Gasteiger partial charge in [-0.15, -0.1) is 0 Å². The lowest BCUT2D eigenvalue weighted by Crippen LogP contribution is -2.43. The Balaban J connectivity index is 1.91. The molecule has 0 amide bonds. The highest BCUT2D eigenvalue weighted by molar-refractivity contribution is 5.51. The van der Waals surface area contributed by atoms with Gasteiger partial charge in [-0.1, -0.05) is 0 Å².